The zero-order valence-electron chi connectivity index (χ0n) is 16.9. The topological polar surface area (TPSA) is 101 Å². The number of nitrogens with one attached hydrogen (secondary N) is 2. The summed E-state index contributed by atoms with van der Waals surface area (Å²) >= 11 is 0. The molecule has 1 atom stereocenters. The van der Waals surface area contributed by atoms with Gasteiger partial charge in [0.1, 0.15) is 34.7 Å². The molecule has 0 saturated carbocycles. The van der Waals surface area contributed by atoms with E-state index in [9.17, 15) is 13.6 Å². The molecule has 10 heteroatoms. The van der Waals surface area contributed by atoms with Crippen molar-refractivity contribution in [3.8, 4) is 5.69 Å². The molecule has 2 N–H and O–H groups in total. The second kappa shape index (κ2) is 7.80. The fourth-order valence-corrected chi connectivity index (χ4v) is 3.69. The lowest BCUT2D eigenvalue weighted by Crippen LogP contribution is -2.29. The highest BCUT2D eigenvalue weighted by molar-refractivity contribution is 5.82. The number of benzene rings is 2. The van der Waals surface area contributed by atoms with Gasteiger partial charge in [-0.05, 0) is 36.8 Å². The van der Waals surface area contributed by atoms with Crippen LogP contribution in [0, 0.1) is 11.6 Å². The Kier molecular flexibility index (Phi) is 4.81. The molecule has 0 fully saturated rings. The number of hydrogen-bond acceptors (Lipinski definition) is 6. The van der Waals surface area contributed by atoms with Gasteiger partial charge in [0, 0.05) is 0 Å². The van der Waals surface area contributed by atoms with E-state index in [1.165, 1.54) is 47.6 Å². The van der Waals surface area contributed by atoms with Gasteiger partial charge < -0.3 is 10.3 Å². The van der Waals surface area contributed by atoms with Gasteiger partial charge in [0.15, 0.2) is 11.5 Å². The van der Waals surface area contributed by atoms with Crippen LogP contribution in [0.4, 0.5) is 14.6 Å². The lowest BCUT2D eigenvalue weighted by atomic mass is 10.1. The lowest BCUT2D eigenvalue weighted by molar-refractivity contribution is 0.619. The number of hydrogen-bond donors (Lipinski definition) is 2. The first kappa shape index (κ1) is 19.7. The van der Waals surface area contributed by atoms with E-state index < -0.39 is 23.2 Å². The zero-order chi connectivity index (χ0) is 22.2. The molecule has 3 aromatic heterocycles. The maximum Gasteiger partial charge on any atom is 0.269 e. The van der Waals surface area contributed by atoms with Crippen LogP contribution in [0.25, 0.3) is 27.8 Å². The summed E-state index contributed by atoms with van der Waals surface area (Å²) in [7, 11) is 0. The molecule has 5 rings (SSSR count). The summed E-state index contributed by atoms with van der Waals surface area (Å²) < 4.78 is 29.8. The number of fused-ring (bicyclic) bond motifs is 2. The van der Waals surface area contributed by atoms with Crippen LogP contribution in [-0.2, 0) is 0 Å². The van der Waals surface area contributed by atoms with Crippen LogP contribution in [0.3, 0.4) is 0 Å². The number of aromatic amines is 1. The van der Waals surface area contributed by atoms with Crippen molar-refractivity contribution in [3.05, 3.63) is 82.9 Å². The van der Waals surface area contributed by atoms with Gasteiger partial charge in [-0.1, -0.05) is 19.1 Å². The molecule has 0 saturated heterocycles. The fraction of sp³-hybridized carbons (Fsp3) is 0.136. The normalized spacial score (nSPS) is 12.3. The van der Waals surface area contributed by atoms with E-state index in [1.54, 1.807) is 12.1 Å². The number of aromatic nitrogens is 6. The van der Waals surface area contributed by atoms with E-state index in [0.29, 0.717) is 29.2 Å². The van der Waals surface area contributed by atoms with Crippen molar-refractivity contribution in [1.82, 2.24) is 29.5 Å². The van der Waals surface area contributed by atoms with Crippen molar-refractivity contribution < 1.29 is 8.78 Å². The molecule has 0 unspecified atom stereocenters. The number of nitrogens with zero attached hydrogens (tertiary/aromatic N) is 5. The van der Waals surface area contributed by atoms with Crippen molar-refractivity contribution in [3.63, 3.8) is 0 Å². The number of rotatable bonds is 5. The number of imidazole rings is 1. The molecule has 0 spiro atoms. The predicted molar refractivity (Wildman–Crippen MR) is 116 cm³/mol. The third kappa shape index (κ3) is 3.25. The molecule has 0 aliphatic heterocycles. The minimum absolute atomic E-state index is 0.160. The Balaban J connectivity index is 1.75. The first-order chi connectivity index (χ1) is 15.6. The summed E-state index contributed by atoms with van der Waals surface area (Å²) in [6.07, 6.45) is 3.39. The molecule has 0 aliphatic carbocycles. The van der Waals surface area contributed by atoms with E-state index >= 15 is 0 Å². The number of anilines is 1. The fourth-order valence-electron chi connectivity index (χ4n) is 3.69. The Labute approximate surface area is 180 Å². The van der Waals surface area contributed by atoms with Crippen molar-refractivity contribution in [2.75, 3.05) is 5.32 Å². The number of halogens is 2. The highest BCUT2D eigenvalue weighted by Gasteiger charge is 2.23. The molecular formula is C22H17F2N7O. The Morgan fingerprint density at radius 1 is 1.12 bits per heavy atom. The molecule has 2 aromatic carbocycles. The van der Waals surface area contributed by atoms with Crippen molar-refractivity contribution in [2.24, 2.45) is 0 Å². The zero-order valence-corrected chi connectivity index (χ0v) is 16.9. The van der Waals surface area contributed by atoms with Gasteiger partial charge in [0.2, 0.25) is 0 Å². The van der Waals surface area contributed by atoms with Crippen LogP contribution in [0.1, 0.15) is 25.2 Å². The van der Waals surface area contributed by atoms with Crippen LogP contribution in [-0.4, -0.2) is 29.5 Å². The highest BCUT2D eigenvalue weighted by Crippen LogP contribution is 2.26. The molecule has 3 heterocycles. The van der Waals surface area contributed by atoms with Gasteiger partial charge in [-0.3, -0.25) is 9.36 Å². The van der Waals surface area contributed by atoms with E-state index in [2.05, 4.69) is 30.2 Å². The van der Waals surface area contributed by atoms with Crippen molar-refractivity contribution in [1.29, 1.82) is 0 Å². The van der Waals surface area contributed by atoms with E-state index in [-0.39, 0.29) is 16.6 Å². The molecule has 160 valence electrons. The minimum atomic E-state index is -0.688. The SMILES string of the molecule is CC[C@H](Nc1ncnc2[nH]cnc12)c1nc2cccc(F)c2c(=O)n1-c1cccc(F)c1. The van der Waals surface area contributed by atoms with Crippen LogP contribution in [0.15, 0.2) is 59.9 Å². The summed E-state index contributed by atoms with van der Waals surface area (Å²) in [5.41, 5.74) is 0.911. The maximum atomic E-state index is 14.6. The Hall–Kier alpha value is -4.21. The Morgan fingerprint density at radius 3 is 2.78 bits per heavy atom. The molecular weight excluding hydrogens is 416 g/mol. The Bertz CT molecular complexity index is 1510. The minimum Gasteiger partial charge on any atom is -0.358 e. The van der Waals surface area contributed by atoms with E-state index in [4.69, 9.17) is 0 Å². The van der Waals surface area contributed by atoms with Gasteiger partial charge >= 0.3 is 0 Å². The monoisotopic (exact) mass is 433 g/mol. The smallest absolute Gasteiger partial charge is 0.269 e. The summed E-state index contributed by atoms with van der Waals surface area (Å²) in [6.45, 7) is 1.90. The molecule has 0 aliphatic rings. The summed E-state index contributed by atoms with van der Waals surface area (Å²) in [4.78, 5) is 33.6. The molecule has 32 heavy (non-hydrogen) atoms. The van der Waals surface area contributed by atoms with Crippen LogP contribution in [0.5, 0.6) is 0 Å². The summed E-state index contributed by atoms with van der Waals surface area (Å²) in [5, 5.41) is 3.10. The molecule has 0 bridgehead atoms. The van der Waals surface area contributed by atoms with Crippen molar-refractivity contribution in [2.45, 2.75) is 19.4 Å². The molecule has 5 aromatic rings. The third-order valence-corrected chi connectivity index (χ3v) is 5.19. The summed E-state index contributed by atoms with van der Waals surface area (Å²) in [5.74, 6) is -0.471. The second-order valence-electron chi connectivity index (χ2n) is 7.15. The van der Waals surface area contributed by atoms with Crippen molar-refractivity contribution >= 4 is 27.9 Å². The quantitative estimate of drug-likeness (QED) is 0.436. The Morgan fingerprint density at radius 2 is 1.97 bits per heavy atom. The first-order valence-corrected chi connectivity index (χ1v) is 9.94. The van der Waals surface area contributed by atoms with Crippen LogP contribution in [0.2, 0.25) is 0 Å². The van der Waals surface area contributed by atoms with Crippen LogP contribution >= 0.6 is 0 Å². The van der Waals surface area contributed by atoms with Gasteiger partial charge in [-0.2, -0.15) is 0 Å². The first-order valence-electron chi connectivity index (χ1n) is 9.94. The predicted octanol–water partition coefficient (Wildman–Crippen LogP) is 3.89. The van der Waals surface area contributed by atoms with Gasteiger partial charge in [0.05, 0.1) is 23.6 Å². The maximum absolute atomic E-state index is 14.6. The average Bonchev–Trinajstić information content (AvgIpc) is 3.27. The van der Waals surface area contributed by atoms with E-state index in [0.717, 1.165) is 0 Å². The highest BCUT2D eigenvalue weighted by atomic mass is 19.1. The molecule has 8 nitrogen and oxygen atoms in total. The third-order valence-electron chi connectivity index (χ3n) is 5.19. The van der Waals surface area contributed by atoms with Gasteiger partial charge in [-0.15, -0.1) is 0 Å². The van der Waals surface area contributed by atoms with E-state index in [1.807, 2.05) is 6.92 Å². The lowest BCUT2D eigenvalue weighted by Gasteiger charge is -2.22. The molecule has 0 radical (unpaired) electrons. The molecule has 0 amide bonds. The van der Waals surface area contributed by atoms with Gasteiger partial charge in [0.25, 0.3) is 5.56 Å². The van der Waals surface area contributed by atoms with Gasteiger partial charge in [-0.25, -0.2) is 28.7 Å². The standard InChI is InChI=1S/C22H17F2N7O/c1-2-15(29-20-18-19(26-10-25-18)27-11-28-20)21-30-16-8-4-7-14(24)17(16)22(32)31(21)13-6-3-5-12(23)9-13/h3-11,15H,2H2,1H3,(H2,25,26,27,28,29)/t15-/m0/s1. The average molecular weight is 433 g/mol. The number of H-pyrrole nitrogens is 1. The summed E-state index contributed by atoms with van der Waals surface area (Å²) in [6, 6.07) is 9.29. The second-order valence-corrected chi connectivity index (χ2v) is 7.15. The van der Waals surface area contributed by atoms with Crippen LogP contribution < -0.4 is 10.9 Å². The largest absolute Gasteiger partial charge is 0.358 e.